The van der Waals surface area contributed by atoms with Gasteiger partial charge in [0.25, 0.3) is 0 Å². The number of carbonyl (C=O) groups excluding carboxylic acids is 1. The highest BCUT2D eigenvalue weighted by molar-refractivity contribution is 5.89. The molecule has 0 radical (unpaired) electrons. The summed E-state index contributed by atoms with van der Waals surface area (Å²) in [4.78, 5) is 12.1. The van der Waals surface area contributed by atoms with Crippen molar-refractivity contribution in [1.82, 2.24) is 0 Å². The number of nitrogens with two attached hydrogens (primary N) is 1. The van der Waals surface area contributed by atoms with Gasteiger partial charge in [-0.2, -0.15) is 0 Å². The lowest BCUT2D eigenvalue weighted by molar-refractivity contribution is 0.0267. The Labute approximate surface area is 115 Å². The zero-order chi connectivity index (χ0) is 13.5. The first-order chi connectivity index (χ1) is 9.29. The van der Waals surface area contributed by atoms with Gasteiger partial charge >= 0.3 is 5.97 Å². The van der Waals surface area contributed by atoms with Crippen LogP contribution in [0.25, 0.3) is 0 Å². The summed E-state index contributed by atoms with van der Waals surface area (Å²) in [5, 5.41) is 0. The number of hydrogen-bond donors (Lipinski definition) is 1. The van der Waals surface area contributed by atoms with Crippen molar-refractivity contribution >= 4 is 5.97 Å². The van der Waals surface area contributed by atoms with Crippen molar-refractivity contribution in [3.05, 3.63) is 35.4 Å². The Hall–Kier alpha value is -1.35. The summed E-state index contributed by atoms with van der Waals surface area (Å²) in [5.41, 5.74) is 7.28. The van der Waals surface area contributed by atoms with Gasteiger partial charge in [-0.15, -0.1) is 0 Å². The Kier molecular flexibility index (Phi) is 5.40. The highest BCUT2D eigenvalue weighted by Crippen LogP contribution is 2.21. The molecule has 0 heterocycles. The Morgan fingerprint density at radius 3 is 2.63 bits per heavy atom. The van der Waals surface area contributed by atoms with Crippen molar-refractivity contribution in [2.24, 2.45) is 5.73 Å². The second-order valence-corrected chi connectivity index (χ2v) is 5.26. The first kappa shape index (κ1) is 14.1. The fraction of sp³-hybridized carbons (Fsp3) is 0.562. The van der Waals surface area contributed by atoms with Crippen molar-refractivity contribution in [2.45, 2.75) is 51.0 Å². The molecular formula is C16H23NO2. The first-order valence-electron chi connectivity index (χ1n) is 7.29. The lowest BCUT2D eigenvalue weighted by atomic mass is 10.1. The Bertz CT molecular complexity index is 409. The molecule has 0 aliphatic heterocycles. The first-order valence-corrected chi connectivity index (χ1v) is 7.29. The van der Waals surface area contributed by atoms with Gasteiger partial charge in [0.2, 0.25) is 0 Å². The van der Waals surface area contributed by atoms with E-state index in [9.17, 15) is 4.79 Å². The summed E-state index contributed by atoms with van der Waals surface area (Å²) in [6.07, 6.45) is 7.79. The Balaban J connectivity index is 1.96. The van der Waals surface area contributed by atoms with Gasteiger partial charge in [-0.05, 0) is 56.3 Å². The van der Waals surface area contributed by atoms with E-state index in [0.717, 1.165) is 24.8 Å². The lowest BCUT2D eigenvalue weighted by Crippen LogP contribution is -2.17. The van der Waals surface area contributed by atoms with Crippen LogP contribution in [0, 0.1) is 0 Å². The number of carbonyl (C=O) groups is 1. The van der Waals surface area contributed by atoms with Crippen molar-refractivity contribution in [2.75, 3.05) is 6.54 Å². The molecule has 1 aliphatic rings. The van der Waals surface area contributed by atoms with E-state index in [1.807, 2.05) is 24.3 Å². The summed E-state index contributed by atoms with van der Waals surface area (Å²) in [6.45, 7) is 0.598. The van der Waals surface area contributed by atoms with Gasteiger partial charge in [0.05, 0.1) is 5.56 Å². The van der Waals surface area contributed by atoms with Gasteiger partial charge in [0, 0.05) is 0 Å². The maximum Gasteiger partial charge on any atom is 0.338 e. The van der Waals surface area contributed by atoms with Crippen LogP contribution in [0.4, 0.5) is 0 Å². The van der Waals surface area contributed by atoms with Crippen LogP contribution in [0.5, 0.6) is 0 Å². The van der Waals surface area contributed by atoms with Crippen molar-refractivity contribution in [3.8, 4) is 0 Å². The van der Waals surface area contributed by atoms with E-state index in [2.05, 4.69) is 0 Å². The van der Waals surface area contributed by atoms with Crippen LogP contribution in [-0.2, 0) is 11.2 Å². The van der Waals surface area contributed by atoms with Gasteiger partial charge in [-0.1, -0.05) is 25.0 Å². The zero-order valence-corrected chi connectivity index (χ0v) is 11.4. The third-order valence-corrected chi connectivity index (χ3v) is 3.67. The highest BCUT2D eigenvalue weighted by Gasteiger charge is 2.17. The summed E-state index contributed by atoms with van der Waals surface area (Å²) < 4.78 is 5.62. The van der Waals surface area contributed by atoms with Crippen LogP contribution in [0.15, 0.2) is 24.3 Å². The van der Waals surface area contributed by atoms with Crippen LogP contribution < -0.4 is 5.73 Å². The Morgan fingerprint density at radius 2 is 1.95 bits per heavy atom. The SMILES string of the molecule is NCCc1cccc(C(=O)OC2CCCCCC2)c1. The minimum atomic E-state index is -0.189. The molecule has 0 spiro atoms. The topological polar surface area (TPSA) is 52.3 Å². The predicted octanol–water partition coefficient (Wildman–Crippen LogP) is 3.07. The highest BCUT2D eigenvalue weighted by atomic mass is 16.5. The molecule has 1 saturated carbocycles. The second kappa shape index (κ2) is 7.29. The molecule has 1 aromatic rings. The molecular weight excluding hydrogens is 238 g/mol. The van der Waals surface area contributed by atoms with E-state index in [1.165, 1.54) is 25.7 Å². The smallest absolute Gasteiger partial charge is 0.338 e. The molecule has 1 aliphatic carbocycles. The zero-order valence-electron chi connectivity index (χ0n) is 11.4. The Morgan fingerprint density at radius 1 is 1.21 bits per heavy atom. The number of ether oxygens (including phenoxy) is 1. The maximum atomic E-state index is 12.1. The average molecular weight is 261 g/mol. The average Bonchev–Trinajstić information content (AvgIpc) is 2.68. The summed E-state index contributed by atoms with van der Waals surface area (Å²) in [6, 6.07) is 7.61. The molecule has 19 heavy (non-hydrogen) atoms. The molecule has 3 heteroatoms. The van der Waals surface area contributed by atoms with Crippen molar-refractivity contribution < 1.29 is 9.53 Å². The minimum Gasteiger partial charge on any atom is -0.459 e. The largest absolute Gasteiger partial charge is 0.459 e. The van der Waals surface area contributed by atoms with E-state index in [-0.39, 0.29) is 12.1 Å². The fourth-order valence-electron chi connectivity index (χ4n) is 2.60. The van der Waals surface area contributed by atoms with Gasteiger partial charge < -0.3 is 10.5 Å². The molecule has 0 bridgehead atoms. The van der Waals surface area contributed by atoms with E-state index >= 15 is 0 Å². The van der Waals surface area contributed by atoms with Crippen molar-refractivity contribution in [1.29, 1.82) is 0 Å². The molecule has 0 saturated heterocycles. The molecule has 0 unspecified atom stereocenters. The third-order valence-electron chi connectivity index (χ3n) is 3.67. The van der Waals surface area contributed by atoms with Gasteiger partial charge in [-0.25, -0.2) is 4.79 Å². The van der Waals surface area contributed by atoms with E-state index < -0.39 is 0 Å². The van der Waals surface area contributed by atoms with Gasteiger partial charge in [0.1, 0.15) is 6.10 Å². The number of rotatable bonds is 4. The molecule has 0 amide bonds. The van der Waals surface area contributed by atoms with Crippen molar-refractivity contribution in [3.63, 3.8) is 0 Å². The normalized spacial score (nSPS) is 16.9. The molecule has 1 fully saturated rings. The maximum absolute atomic E-state index is 12.1. The summed E-state index contributed by atoms with van der Waals surface area (Å²) >= 11 is 0. The third kappa shape index (κ3) is 4.35. The van der Waals surface area contributed by atoms with Crippen LogP contribution >= 0.6 is 0 Å². The number of benzene rings is 1. The molecule has 2 N–H and O–H groups in total. The van der Waals surface area contributed by atoms with Crippen LogP contribution in [-0.4, -0.2) is 18.6 Å². The molecule has 3 nitrogen and oxygen atoms in total. The molecule has 1 aromatic carbocycles. The minimum absolute atomic E-state index is 0.105. The van der Waals surface area contributed by atoms with Gasteiger partial charge in [-0.3, -0.25) is 0 Å². The standard InChI is InChI=1S/C16H23NO2/c17-11-10-13-6-5-7-14(12-13)16(18)19-15-8-3-1-2-4-9-15/h5-7,12,15H,1-4,8-11,17H2. The molecule has 104 valence electrons. The number of esters is 1. The quantitative estimate of drug-likeness (QED) is 0.669. The monoisotopic (exact) mass is 261 g/mol. The predicted molar refractivity (Wildman–Crippen MR) is 76.1 cm³/mol. The fourth-order valence-corrected chi connectivity index (χ4v) is 2.60. The molecule has 2 rings (SSSR count). The van der Waals surface area contributed by atoms with Crippen LogP contribution in [0.2, 0.25) is 0 Å². The van der Waals surface area contributed by atoms with Crippen LogP contribution in [0.3, 0.4) is 0 Å². The van der Waals surface area contributed by atoms with E-state index in [0.29, 0.717) is 12.1 Å². The van der Waals surface area contributed by atoms with E-state index in [1.54, 1.807) is 0 Å². The second-order valence-electron chi connectivity index (χ2n) is 5.26. The van der Waals surface area contributed by atoms with Crippen LogP contribution in [0.1, 0.15) is 54.4 Å². The van der Waals surface area contributed by atoms with Gasteiger partial charge in [0.15, 0.2) is 0 Å². The van der Waals surface area contributed by atoms with E-state index in [4.69, 9.17) is 10.5 Å². The molecule has 0 atom stereocenters. The molecule has 0 aromatic heterocycles. The summed E-state index contributed by atoms with van der Waals surface area (Å²) in [5.74, 6) is -0.189. The number of hydrogen-bond acceptors (Lipinski definition) is 3. The lowest BCUT2D eigenvalue weighted by Gasteiger charge is -2.15. The summed E-state index contributed by atoms with van der Waals surface area (Å²) in [7, 11) is 0.